The smallest absolute Gasteiger partial charge is 0.0438 e. The minimum atomic E-state index is 0. The van der Waals surface area contributed by atoms with E-state index in [1.165, 1.54) is 5.56 Å². The molecule has 1 aromatic carbocycles. The topological polar surface area (TPSA) is 12.0 Å². The first-order valence-electron chi connectivity index (χ1n) is 4.47. The molecule has 80 valence electrons. The summed E-state index contributed by atoms with van der Waals surface area (Å²) in [5, 5.41) is 4.11. The third-order valence-electron chi connectivity index (χ3n) is 2.27. The van der Waals surface area contributed by atoms with Gasteiger partial charge in [0, 0.05) is 10.6 Å². The van der Waals surface area contributed by atoms with Crippen molar-refractivity contribution in [1.82, 2.24) is 5.32 Å². The van der Waals surface area contributed by atoms with Crippen LogP contribution in [0.1, 0.15) is 19.4 Å². The van der Waals surface area contributed by atoms with Gasteiger partial charge in [-0.05, 0) is 38.9 Å². The van der Waals surface area contributed by atoms with Crippen LogP contribution in [0.3, 0.4) is 0 Å². The lowest BCUT2D eigenvalue weighted by atomic mass is 9.95. The lowest BCUT2D eigenvalue weighted by Crippen LogP contribution is -2.38. The molecule has 0 aliphatic rings. The first kappa shape index (κ1) is 13.8. The van der Waals surface area contributed by atoms with E-state index in [4.69, 9.17) is 11.6 Å². The lowest BCUT2D eigenvalue weighted by molar-refractivity contribution is 0.422. The van der Waals surface area contributed by atoms with E-state index in [0.717, 1.165) is 11.4 Å². The number of halogens is 2. The zero-order valence-electron chi connectivity index (χ0n) is 8.80. The van der Waals surface area contributed by atoms with Crippen molar-refractivity contribution < 1.29 is 0 Å². The van der Waals surface area contributed by atoms with E-state index in [-0.39, 0.29) is 17.9 Å². The number of hydrogen-bond acceptors (Lipinski definition) is 1. The highest BCUT2D eigenvalue weighted by atomic mass is 35.5. The Balaban J connectivity index is 0.00000169. The van der Waals surface area contributed by atoms with Crippen LogP contribution >= 0.6 is 24.0 Å². The first-order valence-corrected chi connectivity index (χ1v) is 4.85. The molecule has 0 bridgehead atoms. The van der Waals surface area contributed by atoms with Crippen LogP contribution in [0.25, 0.3) is 0 Å². The Morgan fingerprint density at radius 1 is 1.29 bits per heavy atom. The maximum Gasteiger partial charge on any atom is 0.0438 e. The quantitative estimate of drug-likeness (QED) is 0.846. The summed E-state index contributed by atoms with van der Waals surface area (Å²) < 4.78 is 0. The van der Waals surface area contributed by atoms with Crippen LogP contribution in [0.15, 0.2) is 24.3 Å². The molecule has 0 unspecified atom stereocenters. The fraction of sp³-hybridized carbons (Fsp3) is 0.455. The summed E-state index contributed by atoms with van der Waals surface area (Å²) >= 11 is 6.06. The van der Waals surface area contributed by atoms with E-state index >= 15 is 0 Å². The van der Waals surface area contributed by atoms with Crippen molar-refractivity contribution in [2.24, 2.45) is 0 Å². The molecule has 0 aliphatic heterocycles. The average molecular weight is 234 g/mol. The van der Waals surface area contributed by atoms with E-state index in [9.17, 15) is 0 Å². The minimum absolute atomic E-state index is 0. The third kappa shape index (κ3) is 3.87. The van der Waals surface area contributed by atoms with Gasteiger partial charge in [-0.15, -0.1) is 12.4 Å². The molecular formula is C11H17Cl2N. The van der Waals surface area contributed by atoms with Gasteiger partial charge in [0.15, 0.2) is 0 Å². The van der Waals surface area contributed by atoms with Gasteiger partial charge in [0.25, 0.3) is 0 Å². The minimum Gasteiger partial charge on any atom is -0.314 e. The van der Waals surface area contributed by atoms with Crippen LogP contribution in [0.4, 0.5) is 0 Å². The molecule has 1 N–H and O–H groups in total. The molecule has 0 radical (unpaired) electrons. The summed E-state index contributed by atoms with van der Waals surface area (Å²) in [6.45, 7) is 4.33. The Hall–Kier alpha value is -0.240. The molecule has 0 saturated carbocycles. The van der Waals surface area contributed by atoms with Crippen LogP contribution < -0.4 is 5.32 Å². The second-order valence-electron chi connectivity index (χ2n) is 3.90. The zero-order chi connectivity index (χ0) is 9.90. The molecule has 0 amide bonds. The second kappa shape index (κ2) is 5.59. The zero-order valence-corrected chi connectivity index (χ0v) is 10.4. The molecule has 0 aliphatic carbocycles. The normalized spacial score (nSPS) is 10.9. The van der Waals surface area contributed by atoms with Gasteiger partial charge in [0.2, 0.25) is 0 Å². The van der Waals surface area contributed by atoms with Crippen LogP contribution in [0.5, 0.6) is 0 Å². The van der Waals surface area contributed by atoms with Crippen molar-refractivity contribution in [1.29, 1.82) is 0 Å². The second-order valence-corrected chi connectivity index (χ2v) is 4.31. The van der Waals surface area contributed by atoms with Crippen LogP contribution in [0.2, 0.25) is 5.02 Å². The van der Waals surface area contributed by atoms with E-state index in [2.05, 4.69) is 25.2 Å². The number of likely N-dealkylation sites (N-methyl/N-ethyl adjacent to an activating group) is 1. The van der Waals surface area contributed by atoms with Gasteiger partial charge < -0.3 is 5.32 Å². The molecule has 0 saturated heterocycles. The number of hydrogen-bond donors (Lipinski definition) is 1. The number of nitrogens with one attached hydrogen (secondary N) is 1. The van der Waals surface area contributed by atoms with E-state index in [0.29, 0.717) is 0 Å². The summed E-state index contributed by atoms with van der Waals surface area (Å²) in [5.41, 5.74) is 1.30. The molecule has 14 heavy (non-hydrogen) atoms. The standard InChI is InChI=1S/C11H16ClN.ClH/c1-11(2,13-3)8-9-6-4-5-7-10(9)12;/h4-7,13H,8H2,1-3H3;1H. The summed E-state index contributed by atoms with van der Waals surface area (Å²) in [7, 11) is 1.97. The average Bonchev–Trinajstić information content (AvgIpc) is 2.09. The maximum atomic E-state index is 6.06. The van der Waals surface area contributed by atoms with Crippen molar-refractivity contribution in [3.8, 4) is 0 Å². The molecule has 0 spiro atoms. The van der Waals surface area contributed by atoms with Gasteiger partial charge >= 0.3 is 0 Å². The fourth-order valence-electron chi connectivity index (χ4n) is 1.21. The largest absolute Gasteiger partial charge is 0.314 e. The fourth-order valence-corrected chi connectivity index (χ4v) is 1.41. The Morgan fingerprint density at radius 3 is 2.36 bits per heavy atom. The van der Waals surface area contributed by atoms with Crippen LogP contribution in [-0.4, -0.2) is 12.6 Å². The molecule has 3 heteroatoms. The Labute approximate surface area is 97.3 Å². The summed E-state index contributed by atoms with van der Waals surface area (Å²) in [6.07, 6.45) is 0.948. The summed E-state index contributed by atoms with van der Waals surface area (Å²) in [6, 6.07) is 7.98. The lowest BCUT2D eigenvalue weighted by Gasteiger charge is -2.24. The molecule has 1 rings (SSSR count). The molecule has 0 atom stereocenters. The van der Waals surface area contributed by atoms with Gasteiger partial charge in [-0.3, -0.25) is 0 Å². The van der Waals surface area contributed by atoms with Gasteiger partial charge in [-0.25, -0.2) is 0 Å². The number of benzene rings is 1. The Morgan fingerprint density at radius 2 is 1.86 bits per heavy atom. The Kier molecular flexibility index (Phi) is 5.50. The monoisotopic (exact) mass is 233 g/mol. The van der Waals surface area contributed by atoms with Gasteiger partial charge in [0.1, 0.15) is 0 Å². The molecular weight excluding hydrogens is 217 g/mol. The van der Waals surface area contributed by atoms with E-state index in [1.807, 2.05) is 25.2 Å². The third-order valence-corrected chi connectivity index (χ3v) is 2.64. The van der Waals surface area contributed by atoms with Crippen molar-refractivity contribution in [3.05, 3.63) is 34.9 Å². The molecule has 0 aromatic heterocycles. The molecule has 0 fully saturated rings. The number of rotatable bonds is 3. The predicted molar refractivity (Wildman–Crippen MR) is 65.5 cm³/mol. The SMILES string of the molecule is CNC(C)(C)Cc1ccccc1Cl.Cl. The first-order chi connectivity index (χ1) is 6.05. The van der Waals surface area contributed by atoms with Crippen molar-refractivity contribution in [2.75, 3.05) is 7.05 Å². The van der Waals surface area contributed by atoms with Gasteiger partial charge in [-0.2, -0.15) is 0 Å². The molecule has 0 heterocycles. The van der Waals surface area contributed by atoms with Crippen molar-refractivity contribution in [3.63, 3.8) is 0 Å². The van der Waals surface area contributed by atoms with Crippen LogP contribution in [0, 0.1) is 0 Å². The molecule has 1 aromatic rings. The Bertz CT molecular complexity index is 284. The maximum absolute atomic E-state index is 6.06. The van der Waals surface area contributed by atoms with Gasteiger partial charge in [0.05, 0.1) is 0 Å². The van der Waals surface area contributed by atoms with E-state index < -0.39 is 0 Å². The predicted octanol–water partition coefficient (Wildman–Crippen LogP) is 3.30. The molecule has 1 nitrogen and oxygen atoms in total. The van der Waals surface area contributed by atoms with Gasteiger partial charge in [-0.1, -0.05) is 29.8 Å². The highest BCUT2D eigenvalue weighted by Gasteiger charge is 2.16. The summed E-state index contributed by atoms with van der Waals surface area (Å²) in [4.78, 5) is 0. The van der Waals surface area contributed by atoms with Crippen molar-refractivity contribution in [2.45, 2.75) is 25.8 Å². The highest BCUT2D eigenvalue weighted by molar-refractivity contribution is 6.31. The highest BCUT2D eigenvalue weighted by Crippen LogP contribution is 2.20. The van der Waals surface area contributed by atoms with E-state index in [1.54, 1.807) is 0 Å². The van der Waals surface area contributed by atoms with Crippen molar-refractivity contribution >= 4 is 24.0 Å². The summed E-state index contributed by atoms with van der Waals surface area (Å²) in [5.74, 6) is 0. The van der Waals surface area contributed by atoms with Crippen LogP contribution in [-0.2, 0) is 6.42 Å².